The minimum atomic E-state index is 0.440. The molecule has 2 rings (SSSR count). The number of ether oxygens (including phenoxy) is 2. The topological polar surface area (TPSA) is 18.5 Å². The van der Waals surface area contributed by atoms with E-state index in [0.29, 0.717) is 13.2 Å². The summed E-state index contributed by atoms with van der Waals surface area (Å²) in [4.78, 5) is 0. The molecule has 24 heavy (non-hydrogen) atoms. The molecule has 0 aromatic heterocycles. The molecule has 0 unspecified atom stereocenters. The number of fused-ring (bicyclic) bond motifs is 1. The summed E-state index contributed by atoms with van der Waals surface area (Å²) < 4.78 is 12.0. The van der Waals surface area contributed by atoms with Gasteiger partial charge in [-0.25, -0.2) is 0 Å². The van der Waals surface area contributed by atoms with Gasteiger partial charge in [-0.15, -0.1) is 13.2 Å². The van der Waals surface area contributed by atoms with Crippen molar-refractivity contribution in [3.05, 3.63) is 86.0 Å². The van der Waals surface area contributed by atoms with E-state index in [1.807, 2.05) is 12.2 Å². The molecule has 0 saturated heterocycles. The van der Waals surface area contributed by atoms with Crippen LogP contribution in [0.15, 0.2) is 74.9 Å². The van der Waals surface area contributed by atoms with Crippen molar-refractivity contribution in [2.24, 2.45) is 0 Å². The summed E-state index contributed by atoms with van der Waals surface area (Å²) in [6.07, 6.45) is 8.70. The van der Waals surface area contributed by atoms with Gasteiger partial charge in [-0.3, -0.25) is 0 Å². The standard InChI is InChI=1S/C22H24O2/c1-5-9-18-13-11-17-12-14-19(10-6-2)22(24-16-8-4)20(17)21(18)23-15-7-3/h5-8,11-14H,1-4,9-10,15-16H2. The van der Waals surface area contributed by atoms with Crippen LogP contribution in [0, 0.1) is 0 Å². The molecule has 0 saturated carbocycles. The fraction of sp³-hybridized carbons (Fsp3) is 0.182. The Balaban J connectivity index is 2.75. The van der Waals surface area contributed by atoms with Crippen molar-refractivity contribution in [3.63, 3.8) is 0 Å². The molecule has 2 aromatic carbocycles. The first-order valence-electron chi connectivity index (χ1n) is 8.03. The van der Waals surface area contributed by atoms with Gasteiger partial charge < -0.3 is 9.47 Å². The van der Waals surface area contributed by atoms with Gasteiger partial charge in [-0.2, -0.15) is 0 Å². The van der Waals surface area contributed by atoms with Crippen LogP contribution in [-0.2, 0) is 12.8 Å². The SMILES string of the molecule is C=CCOc1c(CC=C)ccc2ccc(CC=C)c(OCC=C)c12. The van der Waals surface area contributed by atoms with Gasteiger partial charge in [-0.1, -0.05) is 61.7 Å². The van der Waals surface area contributed by atoms with Crippen molar-refractivity contribution in [2.45, 2.75) is 12.8 Å². The van der Waals surface area contributed by atoms with Gasteiger partial charge in [0, 0.05) is 0 Å². The Kier molecular flexibility index (Phi) is 6.44. The summed E-state index contributed by atoms with van der Waals surface area (Å²) in [6.45, 7) is 16.1. The molecule has 0 amide bonds. The summed E-state index contributed by atoms with van der Waals surface area (Å²) in [5.74, 6) is 1.66. The van der Waals surface area contributed by atoms with E-state index in [2.05, 4.69) is 50.6 Å². The van der Waals surface area contributed by atoms with Crippen LogP contribution in [0.1, 0.15) is 11.1 Å². The normalized spacial score (nSPS) is 10.2. The average molecular weight is 320 g/mol. The first-order chi connectivity index (χ1) is 11.8. The Morgan fingerprint density at radius 2 is 1.12 bits per heavy atom. The highest BCUT2D eigenvalue weighted by Crippen LogP contribution is 2.40. The molecule has 0 aliphatic heterocycles. The van der Waals surface area contributed by atoms with Gasteiger partial charge in [-0.05, 0) is 29.4 Å². The molecule has 2 aromatic rings. The van der Waals surface area contributed by atoms with Gasteiger partial charge in [0.05, 0.1) is 5.39 Å². The number of benzene rings is 2. The molecule has 124 valence electrons. The van der Waals surface area contributed by atoms with Gasteiger partial charge in [0.15, 0.2) is 0 Å². The van der Waals surface area contributed by atoms with Crippen LogP contribution in [0.4, 0.5) is 0 Å². The van der Waals surface area contributed by atoms with Gasteiger partial charge in [0.1, 0.15) is 24.7 Å². The molecule has 0 radical (unpaired) electrons. The second-order valence-electron chi connectivity index (χ2n) is 5.39. The maximum absolute atomic E-state index is 6.01. The van der Waals surface area contributed by atoms with E-state index in [0.717, 1.165) is 46.2 Å². The monoisotopic (exact) mass is 320 g/mol. The number of hydrogen-bond donors (Lipinski definition) is 0. The zero-order chi connectivity index (χ0) is 17.4. The molecule has 0 atom stereocenters. The van der Waals surface area contributed by atoms with Crippen LogP contribution >= 0.6 is 0 Å². The molecule has 0 fully saturated rings. The third kappa shape index (κ3) is 3.77. The predicted molar refractivity (Wildman–Crippen MR) is 103 cm³/mol. The van der Waals surface area contributed by atoms with Gasteiger partial charge >= 0.3 is 0 Å². The van der Waals surface area contributed by atoms with Crippen molar-refractivity contribution in [1.82, 2.24) is 0 Å². The third-order valence-electron chi connectivity index (χ3n) is 3.67. The molecule has 0 aliphatic carbocycles. The number of hydrogen-bond acceptors (Lipinski definition) is 2. The zero-order valence-corrected chi connectivity index (χ0v) is 14.1. The van der Waals surface area contributed by atoms with E-state index in [1.165, 1.54) is 0 Å². The molecule has 0 aliphatic rings. The summed E-state index contributed by atoms with van der Waals surface area (Å²) in [7, 11) is 0. The molecule has 0 heterocycles. The highest BCUT2D eigenvalue weighted by molar-refractivity contribution is 5.96. The maximum Gasteiger partial charge on any atom is 0.134 e. The smallest absolute Gasteiger partial charge is 0.134 e. The van der Waals surface area contributed by atoms with Crippen molar-refractivity contribution in [2.75, 3.05) is 13.2 Å². The molecule has 0 N–H and O–H groups in total. The minimum absolute atomic E-state index is 0.440. The molecule has 2 nitrogen and oxygen atoms in total. The number of allylic oxidation sites excluding steroid dienone is 2. The van der Waals surface area contributed by atoms with Crippen molar-refractivity contribution in [3.8, 4) is 11.5 Å². The highest BCUT2D eigenvalue weighted by atomic mass is 16.5. The van der Waals surface area contributed by atoms with Crippen LogP contribution in [-0.4, -0.2) is 13.2 Å². The van der Waals surface area contributed by atoms with Crippen molar-refractivity contribution >= 4 is 10.8 Å². The van der Waals surface area contributed by atoms with E-state index >= 15 is 0 Å². The quantitative estimate of drug-likeness (QED) is 0.544. The fourth-order valence-electron chi connectivity index (χ4n) is 2.69. The summed E-state index contributed by atoms with van der Waals surface area (Å²) in [5.41, 5.74) is 2.16. The predicted octanol–water partition coefficient (Wildman–Crippen LogP) is 5.43. The van der Waals surface area contributed by atoms with Crippen LogP contribution < -0.4 is 9.47 Å². The van der Waals surface area contributed by atoms with E-state index in [-0.39, 0.29) is 0 Å². The lowest BCUT2D eigenvalue weighted by Crippen LogP contribution is -2.03. The van der Waals surface area contributed by atoms with Crippen LogP contribution in [0.3, 0.4) is 0 Å². The Labute approximate surface area is 144 Å². The van der Waals surface area contributed by atoms with Gasteiger partial charge in [0.25, 0.3) is 0 Å². The third-order valence-corrected chi connectivity index (χ3v) is 3.67. The van der Waals surface area contributed by atoms with Crippen LogP contribution in [0.25, 0.3) is 10.8 Å². The van der Waals surface area contributed by atoms with Crippen LogP contribution in [0.2, 0.25) is 0 Å². The van der Waals surface area contributed by atoms with Crippen molar-refractivity contribution in [1.29, 1.82) is 0 Å². The largest absolute Gasteiger partial charge is 0.488 e. The lowest BCUT2D eigenvalue weighted by molar-refractivity contribution is 0.351. The lowest BCUT2D eigenvalue weighted by atomic mass is 9.98. The average Bonchev–Trinajstić information content (AvgIpc) is 2.60. The lowest BCUT2D eigenvalue weighted by Gasteiger charge is -2.18. The van der Waals surface area contributed by atoms with E-state index in [9.17, 15) is 0 Å². The van der Waals surface area contributed by atoms with E-state index in [4.69, 9.17) is 9.47 Å². The second-order valence-corrected chi connectivity index (χ2v) is 5.39. The van der Waals surface area contributed by atoms with Crippen LogP contribution in [0.5, 0.6) is 11.5 Å². The van der Waals surface area contributed by atoms with Gasteiger partial charge in [0.2, 0.25) is 0 Å². The Morgan fingerprint density at radius 3 is 1.50 bits per heavy atom. The first-order valence-corrected chi connectivity index (χ1v) is 8.03. The summed E-state index contributed by atoms with van der Waals surface area (Å²) >= 11 is 0. The first kappa shape index (κ1) is 17.6. The van der Waals surface area contributed by atoms with E-state index < -0.39 is 0 Å². The van der Waals surface area contributed by atoms with Crippen molar-refractivity contribution < 1.29 is 9.47 Å². The fourth-order valence-corrected chi connectivity index (χ4v) is 2.69. The Bertz CT molecular complexity index is 695. The molecule has 0 bridgehead atoms. The Hall–Kier alpha value is -2.74. The van der Waals surface area contributed by atoms with E-state index in [1.54, 1.807) is 12.2 Å². The Morgan fingerprint density at radius 1 is 0.667 bits per heavy atom. The maximum atomic E-state index is 6.01. The summed E-state index contributed by atoms with van der Waals surface area (Å²) in [5, 5.41) is 2.06. The molecular formula is C22H24O2. The molecular weight excluding hydrogens is 296 g/mol. The highest BCUT2D eigenvalue weighted by Gasteiger charge is 2.16. The minimum Gasteiger partial charge on any atom is -0.488 e. The summed E-state index contributed by atoms with van der Waals surface area (Å²) in [6, 6.07) is 8.33. The molecule has 0 spiro atoms. The number of rotatable bonds is 10. The second kappa shape index (κ2) is 8.78. The molecule has 2 heteroatoms. The zero-order valence-electron chi connectivity index (χ0n) is 14.1.